The van der Waals surface area contributed by atoms with Gasteiger partial charge in [-0.05, 0) is 45.2 Å². The first-order valence-electron chi connectivity index (χ1n) is 12.2. The Bertz CT molecular complexity index is 1030. The number of carbonyl (C=O) groups is 1. The highest BCUT2D eigenvalue weighted by Gasteiger charge is 2.46. The number of amides is 1. The van der Waals surface area contributed by atoms with Gasteiger partial charge in [0.1, 0.15) is 11.6 Å². The molecule has 4 heterocycles. The number of likely N-dealkylation sites (tertiary alicyclic amines) is 1. The number of aromatic nitrogens is 2. The summed E-state index contributed by atoms with van der Waals surface area (Å²) in [5.41, 5.74) is 4.20. The third kappa shape index (κ3) is 4.13. The molecule has 3 aliphatic heterocycles. The van der Waals surface area contributed by atoms with Crippen molar-refractivity contribution >= 4 is 11.7 Å². The third-order valence-electron chi connectivity index (χ3n) is 7.68. The van der Waals surface area contributed by atoms with Crippen LogP contribution in [0.5, 0.6) is 0 Å². The van der Waals surface area contributed by atoms with Crippen molar-refractivity contribution < 1.29 is 9.53 Å². The van der Waals surface area contributed by atoms with Crippen LogP contribution in [0, 0.1) is 6.92 Å². The highest BCUT2D eigenvalue weighted by Crippen LogP contribution is 2.39. The summed E-state index contributed by atoms with van der Waals surface area (Å²) in [7, 11) is 4.07. The van der Waals surface area contributed by atoms with Crippen molar-refractivity contribution in [3.8, 4) is 0 Å². The number of anilines is 1. The Kier molecular flexibility index (Phi) is 6.10. The van der Waals surface area contributed by atoms with Crippen molar-refractivity contribution in [1.29, 1.82) is 0 Å². The summed E-state index contributed by atoms with van der Waals surface area (Å²) >= 11 is 0. The molecule has 7 nitrogen and oxygen atoms in total. The predicted molar refractivity (Wildman–Crippen MR) is 128 cm³/mol. The number of carbonyl (C=O) groups excluding carboxylic acids is 1. The molecule has 33 heavy (non-hydrogen) atoms. The molecule has 1 aromatic carbocycles. The Hall–Kier alpha value is -2.51. The Morgan fingerprint density at radius 3 is 2.79 bits per heavy atom. The monoisotopic (exact) mass is 449 g/mol. The maximum Gasteiger partial charge on any atom is 0.233 e. The lowest BCUT2D eigenvalue weighted by Crippen LogP contribution is -2.49. The molecule has 1 amide bonds. The van der Waals surface area contributed by atoms with E-state index in [4.69, 9.17) is 14.7 Å². The van der Waals surface area contributed by atoms with Crippen LogP contribution < -0.4 is 5.32 Å². The van der Waals surface area contributed by atoms with Gasteiger partial charge in [0.2, 0.25) is 5.91 Å². The lowest BCUT2D eigenvalue weighted by molar-refractivity contribution is -0.140. The van der Waals surface area contributed by atoms with Crippen LogP contribution in [0.3, 0.4) is 0 Å². The molecule has 0 saturated carbocycles. The highest BCUT2D eigenvalue weighted by molar-refractivity contribution is 5.89. The molecule has 3 aliphatic rings. The van der Waals surface area contributed by atoms with Gasteiger partial charge in [-0.25, -0.2) is 9.97 Å². The minimum Gasteiger partial charge on any atom is -0.381 e. The molecule has 0 aliphatic carbocycles. The summed E-state index contributed by atoms with van der Waals surface area (Å²) < 4.78 is 5.67. The van der Waals surface area contributed by atoms with E-state index in [2.05, 4.69) is 53.4 Å². The van der Waals surface area contributed by atoms with Crippen molar-refractivity contribution in [3.05, 3.63) is 52.5 Å². The minimum atomic E-state index is -0.491. The fourth-order valence-corrected chi connectivity index (χ4v) is 5.72. The molecule has 5 rings (SSSR count). The van der Waals surface area contributed by atoms with Crippen LogP contribution in [0.25, 0.3) is 0 Å². The van der Waals surface area contributed by atoms with Gasteiger partial charge in [0.25, 0.3) is 0 Å². The van der Waals surface area contributed by atoms with Crippen LogP contribution in [0.15, 0.2) is 24.3 Å². The lowest BCUT2D eigenvalue weighted by atomic mass is 9.72. The molecule has 2 fully saturated rings. The molecule has 0 bridgehead atoms. The van der Waals surface area contributed by atoms with Crippen molar-refractivity contribution in [2.75, 3.05) is 52.3 Å². The SMILES string of the molecule is CNc1nc([C@@H]2CCN(C(=O)C3(c4cccc(C)c4)CCOCC3)C2)nc2c1CCN(C)C2. The van der Waals surface area contributed by atoms with Crippen molar-refractivity contribution in [2.24, 2.45) is 0 Å². The number of aryl methyl sites for hydroxylation is 1. The van der Waals surface area contributed by atoms with Gasteiger partial charge in [-0.3, -0.25) is 4.79 Å². The van der Waals surface area contributed by atoms with Crippen LogP contribution in [0.4, 0.5) is 5.82 Å². The molecule has 0 radical (unpaired) electrons. The average Bonchev–Trinajstić information content (AvgIpc) is 3.33. The summed E-state index contributed by atoms with van der Waals surface area (Å²) in [6.45, 7) is 6.68. The molecule has 2 saturated heterocycles. The lowest BCUT2D eigenvalue weighted by Gasteiger charge is -2.39. The topological polar surface area (TPSA) is 70.6 Å². The van der Waals surface area contributed by atoms with E-state index in [-0.39, 0.29) is 11.8 Å². The van der Waals surface area contributed by atoms with Gasteiger partial charge in [0.15, 0.2) is 0 Å². The van der Waals surface area contributed by atoms with E-state index in [0.29, 0.717) is 19.8 Å². The normalized spacial score (nSPS) is 22.8. The molecular formula is C26H35N5O2. The summed E-state index contributed by atoms with van der Waals surface area (Å²) in [6.07, 6.45) is 3.35. The van der Waals surface area contributed by atoms with Crippen LogP contribution >= 0.6 is 0 Å². The first-order chi connectivity index (χ1) is 16.0. The number of hydrogen-bond acceptors (Lipinski definition) is 6. The fraction of sp³-hybridized carbons (Fsp3) is 0.577. The molecule has 7 heteroatoms. The largest absolute Gasteiger partial charge is 0.381 e. The molecule has 0 spiro atoms. The molecule has 176 valence electrons. The second kappa shape index (κ2) is 9.03. The van der Waals surface area contributed by atoms with Gasteiger partial charge in [-0.1, -0.05) is 29.8 Å². The van der Waals surface area contributed by atoms with E-state index < -0.39 is 5.41 Å². The molecule has 1 atom stereocenters. The zero-order valence-electron chi connectivity index (χ0n) is 20.1. The van der Waals surface area contributed by atoms with Crippen LogP contribution in [0.1, 0.15) is 53.4 Å². The molecule has 2 aromatic rings. The Balaban J connectivity index is 1.40. The summed E-state index contributed by atoms with van der Waals surface area (Å²) in [5, 5.41) is 3.29. The smallest absolute Gasteiger partial charge is 0.233 e. The van der Waals surface area contributed by atoms with Crippen LogP contribution in [-0.4, -0.2) is 72.6 Å². The van der Waals surface area contributed by atoms with Gasteiger partial charge < -0.3 is 19.9 Å². The number of ether oxygens (including phenoxy) is 1. The fourth-order valence-electron chi connectivity index (χ4n) is 5.72. The Labute approximate surface area is 196 Å². The van der Waals surface area contributed by atoms with Gasteiger partial charge >= 0.3 is 0 Å². The number of likely N-dealkylation sites (N-methyl/N-ethyl adjacent to an activating group) is 1. The Morgan fingerprint density at radius 2 is 2.03 bits per heavy atom. The van der Waals surface area contributed by atoms with E-state index in [1.54, 1.807) is 0 Å². The van der Waals surface area contributed by atoms with Crippen molar-refractivity contribution in [2.45, 2.75) is 50.5 Å². The number of hydrogen-bond donors (Lipinski definition) is 1. The Morgan fingerprint density at radius 1 is 1.21 bits per heavy atom. The molecule has 1 N–H and O–H groups in total. The number of nitrogens with one attached hydrogen (secondary N) is 1. The zero-order chi connectivity index (χ0) is 23.0. The van der Waals surface area contributed by atoms with E-state index >= 15 is 0 Å². The molecular weight excluding hydrogens is 414 g/mol. The molecule has 0 unspecified atom stereocenters. The van der Waals surface area contributed by atoms with E-state index in [1.165, 1.54) is 11.1 Å². The van der Waals surface area contributed by atoms with Gasteiger partial charge in [0, 0.05) is 57.9 Å². The number of nitrogens with zero attached hydrogens (tertiary/aromatic N) is 4. The van der Waals surface area contributed by atoms with Crippen molar-refractivity contribution in [1.82, 2.24) is 19.8 Å². The van der Waals surface area contributed by atoms with Crippen LogP contribution in [-0.2, 0) is 27.9 Å². The van der Waals surface area contributed by atoms with Crippen molar-refractivity contribution in [3.63, 3.8) is 0 Å². The minimum absolute atomic E-state index is 0.174. The van der Waals surface area contributed by atoms with Gasteiger partial charge in [-0.2, -0.15) is 0 Å². The first-order valence-corrected chi connectivity index (χ1v) is 12.2. The predicted octanol–water partition coefficient (Wildman–Crippen LogP) is 2.88. The maximum absolute atomic E-state index is 14.0. The number of benzene rings is 1. The second-order valence-corrected chi connectivity index (χ2v) is 9.89. The number of fused-ring (bicyclic) bond motifs is 1. The summed E-state index contributed by atoms with van der Waals surface area (Å²) in [6, 6.07) is 8.46. The van der Waals surface area contributed by atoms with E-state index in [0.717, 1.165) is 68.2 Å². The van der Waals surface area contributed by atoms with Gasteiger partial charge in [0.05, 0.1) is 11.1 Å². The molecule has 1 aromatic heterocycles. The number of rotatable bonds is 4. The van der Waals surface area contributed by atoms with E-state index in [1.807, 2.05) is 7.05 Å². The van der Waals surface area contributed by atoms with Crippen LogP contribution in [0.2, 0.25) is 0 Å². The third-order valence-corrected chi connectivity index (χ3v) is 7.68. The summed E-state index contributed by atoms with van der Waals surface area (Å²) in [5.74, 6) is 2.24. The first kappa shape index (κ1) is 22.3. The van der Waals surface area contributed by atoms with Gasteiger partial charge in [-0.15, -0.1) is 0 Å². The summed E-state index contributed by atoms with van der Waals surface area (Å²) in [4.78, 5) is 28.3. The second-order valence-electron chi connectivity index (χ2n) is 9.89. The average molecular weight is 450 g/mol. The quantitative estimate of drug-likeness (QED) is 0.774. The van der Waals surface area contributed by atoms with E-state index in [9.17, 15) is 4.79 Å². The maximum atomic E-state index is 14.0. The zero-order valence-corrected chi connectivity index (χ0v) is 20.1. The highest BCUT2D eigenvalue weighted by atomic mass is 16.5. The standard InChI is InChI=1S/C26H35N5O2/c1-18-5-4-6-20(15-18)26(9-13-33-14-10-26)25(32)31-12-7-19(16-31)23-28-22-17-30(3)11-8-21(22)24(27-2)29-23/h4-6,15,19H,7-14,16-17H2,1-3H3,(H,27,28,29)/t19-/m1/s1.